The van der Waals surface area contributed by atoms with Gasteiger partial charge in [-0.2, -0.15) is 0 Å². The Kier molecular flexibility index (Phi) is 2.29. The monoisotopic (exact) mass is 289 g/mol. The molecular weight excluding hydrogens is 282 g/mol. The first-order chi connectivity index (χ1) is 8.22. The SMILES string of the molecule is Nc1ccc2[nH]c(-c3ccc(Br)cn3)nc2n1. The van der Waals surface area contributed by atoms with Crippen LogP contribution in [0.3, 0.4) is 0 Å². The number of aromatic amines is 1. The van der Waals surface area contributed by atoms with Crippen molar-refractivity contribution in [3.63, 3.8) is 0 Å². The fourth-order valence-corrected chi connectivity index (χ4v) is 1.78. The molecule has 17 heavy (non-hydrogen) atoms. The fraction of sp³-hybridized carbons (Fsp3) is 0. The minimum Gasteiger partial charge on any atom is -0.384 e. The number of aromatic nitrogens is 4. The largest absolute Gasteiger partial charge is 0.384 e. The summed E-state index contributed by atoms with van der Waals surface area (Å²) in [7, 11) is 0. The van der Waals surface area contributed by atoms with Gasteiger partial charge in [0.2, 0.25) is 0 Å². The number of H-pyrrole nitrogens is 1. The number of halogens is 1. The Morgan fingerprint density at radius 2 is 2.00 bits per heavy atom. The third-order valence-corrected chi connectivity index (χ3v) is 2.81. The van der Waals surface area contributed by atoms with E-state index in [9.17, 15) is 0 Å². The molecule has 84 valence electrons. The molecule has 0 aliphatic heterocycles. The van der Waals surface area contributed by atoms with Gasteiger partial charge in [-0.15, -0.1) is 0 Å². The molecule has 0 fully saturated rings. The topological polar surface area (TPSA) is 80.5 Å². The van der Waals surface area contributed by atoms with Crippen LogP contribution in [-0.2, 0) is 0 Å². The van der Waals surface area contributed by atoms with Gasteiger partial charge in [0, 0.05) is 10.7 Å². The van der Waals surface area contributed by atoms with Crippen molar-refractivity contribution in [1.82, 2.24) is 19.9 Å². The molecule has 0 saturated carbocycles. The van der Waals surface area contributed by atoms with Crippen molar-refractivity contribution in [2.24, 2.45) is 0 Å². The number of hydrogen-bond donors (Lipinski definition) is 2. The molecule has 0 aromatic carbocycles. The number of nitrogens with zero attached hydrogens (tertiary/aromatic N) is 3. The van der Waals surface area contributed by atoms with Gasteiger partial charge in [-0.05, 0) is 40.2 Å². The second kappa shape index (κ2) is 3.81. The lowest BCUT2D eigenvalue weighted by Gasteiger charge is -1.94. The summed E-state index contributed by atoms with van der Waals surface area (Å²) in [5.74, 6) is 1.14. The number of nitrogens with two attached hydrogens (primary N) is 1. The molecule has 0 bridgehead atoms. The molecule has 3 aromatic heterocycles. The van der Waals surface area contributed by atoms with Crippen molar-refractivity contribution >= 4 is 32.9 Å². The number of anilines is 1. The van der Waals surface area contributed by atoms with E-state index in [2.05, 4.69) is 35.9 Å². The molecule has 0 aliphatic rings. The van der Waals surface area contributed by atoms with E-state index < -0.39 is 0 Å². The third-order valence-electron chi connectivity index (χ3n) is 2.34. The average Bonchev–Trinajstić information content (AvgIpc) is 2.72. The molecule has 0 unspecified atom stereocenters. The van der Waals surface area contributed by atoms with Crippen molar-refractivity contribution in [2.45, 2.75) is 0 Å². The number of nitrogen functional groups attached to an aromatic ring is 1. The van der Waals surface area contributed by atoms with Crippen LogP contribution in [0.1, 0.15) is 0 Å². The smallest absolute Gasteiger partial charge is 0.180 e. The number of fused-ring (bicyclic) bond motifs is 1. The van der Waals surface area contributed by atoms with Crippen LogP contribution < -0.4 is 5.73 Å². The van der Waals surface area contributed by atoms with Crippen LogP contribution in [0.25, 0.3) is 22.7 Å². The predicted molar refractivity (Wildman–Crippen MR) is 69.2 cm³/mol. The first-order valence-electron chi connectivity index (χ1n) is 4.96. The minimum absolute atomic E-state index is 0.458. The Morgan fingerprint density at radius 3 is 2.76 bits per heavy atom. The predicted octanol–water partition coefficient (Wildman–Crippen LogP) is 2.36. The van der Waals surface area contributed by atoms with Gasteiger partial charge in [0.15, 0.2) is 11.5 Å². The Morgan fingerprint density at radius 1 is 1.12 bits per heavy atom. The quantitative estimate of drug-likeness (QED) is 0.721. The van der Waals surface area contributed by atoms with Crippen LogP contribution in [0.5, 0.6) is 0 Å². The lowest BCUT2D eigenvalue weighted by atomic mass is 10.3. The highest BCUT2D eigenvalue weighted by molar-refractivity contribution is 9.10. The molecule has 0 aliphatic carbocycles. The van der Waals surface area contributed by atoms with Crippen molar-refractivity contribution in [3.05, 3.63) is 34.9 Å². The Balaban J connectivity index is 2.14. The van der Waals surface area contributed by atoms with Crippen LogP contribution >= 0.6 is 15.9 Å². The number of imidazole rings is 1. The zero-order valence-corrected chi connectivity index (χ0v) is 10.3. The van der Waals surface area contributed by atoms with Crippen LogP contribution in [0, 0.1) is 0 Å². The zero-order chi connectivity index (χ0) is 11.8. The highest BCUT2D eigenvalue weighted by Gasteiger charge is 2.07. The highest BCUT2D eigenvalue weighted by Crippen LogP contribution is 2.19. The van der Waals surface area contributed by atoms with Crippen molar-refractivity contribution in [1.29, 1.82) is 0 Å². The van der Waals surface area contributed by atoms with Gasteiger partial charge in [-0.1, -0.05) is 0 Å². The number of hydrogen-bond acceptors (Lipinski definition) is 4. The van der Waals surface area contributed by atoms with E-state index in [0.717, 1.165) is 15.7 Å². The first-order valence-corrected chi connectivity index (χ1v) is 5.76. The maximum Gasteiger partial charge on any atom is 0.180 e. The maximum atomic E-state index is 5.60. The Hall–Kier alpha value is -1.95. The fourth-order valence-electron chi connectivity index (χ4n) is 1.54. The highest BCUT2D eigenvalue weighted by atomic mass is 79.9. The summed E-state index contributed by atoms with van der Waals surface area (Å²) in [6.07, 6.45) is 1.73. The first kappa shape index (κ1) is 10.2. The zero-order valence-electron chi connectivity index (χ0n) is 8.68. The second-order valence-corrected chi connectivity index (χ2v) is 4.47. The van der Waals surface area contributed by atoms with Gasteiger partial charge in [-0.3, -0.25) is 4.98 Å². The standard InChI is InChI=1S/C11H8BrN5/c12-6-1-2-7(14-5-6)10-15-8-3-4-9(13)16-11(8)17-10/h1-5H,(H3,13,15,16,17). The molecular formula is C11H8BrN5. The molecule has 0 amide bonds. The summed E-state index contributed by atoms with van der Waals surface area (Å²) in [6, 6.07) is 7.38. The van der Waals surface area contributed by atoms with Crippen molar-refractivity contribution < 1.29 is 0 Å². The summed E-state index contributed by atoms with van der Waals surface area (Å²) in [6.45, 7) is 0. The van der Waals surface area contributed by atoms with E-state index in [4.69, 9.17) is 5.73 Å². The molecule has 6 heteroatoms. The molecule has 0 spiro atoms. The summed E-state index contributed by atoms with van der Waals surface area (Å²) in [4.78, 5) is 15.9. The Labute approximate surface area is 105 Å². The van der Waals surface area contributed by atoms with Gasteiger partial charge in [0.25, 0.3) is 0 Å². The van der Waals surface area contributed by atoms with Gasteiger partial charge in [0.05, 0.1) is 5.52 Å². The molecule has 3 heterocycles. The number of rotatable bonds is 1. The normalized spacial score (nSPS) is 10.9. The van der Waals surface area contributed by atoms with Crippen LogP contribution in [0.2, 0.25) is 0 Å². The van der Waals surface area contributed by atoms with Gasteiger partial charge >= 0.3 is 0 Å². The number of nitrogens with one attached hydrogen (secondary N) is 1. The van der Waals surface area contributed by atoms with Gasteiger partial charge < -0.3 is 10.7 Å². The lowest BCUT2D eigenvalue weighted by Crippen LogP contribution is -1.88. The minimum atomic E-state index is 0.458. The van der Waals surface area contributed by atoms with E-state index >= 15 is 0 Å². The van der Waals surface area contributed by atoms with Gasteiger partial charge in [0.1, 0.15) is 11.5 Å². The summed E-state index contributed by atoms with van der Waals surface area (Å²) in [5, 5.41) is 0. The average molecular weight is 290 g/mol. The summed E-state index contributed by atoms with van der Waals surface area (Å²) < 4.78 is 0.930. The number of pyridine rings is 2. The van der Waals surface area contributed by atoms with Crippen molar-refractivity contribution in [3.8, 4) is 11.5 Å². The molecule has 5 nitrogen and oxygen atoms in total. The van der Waals surface area contributed by atoms with E-state index in [-0.39, 0.29) is 0 Å². The molecule has 3 N–H and O–H groups in total. The van der Waals surface area contributed by atoms with Gasteiger partial charge in [-0.25, -0.2) is 9.97 Å². The molecule has 3 rings (SSSR count). The summed E-state index contributed by atoms with van der Waals surface area (Å²) in [5.41, 5.74) is 7.82. The lowest BCUT2D eigenvalue weighted by molar-refractivity contribution is 1.22. The maximum absolute atomic E-state index is 5.60. The molecule has 0 atom stereocenters. The third kappa shape index (κ3) is 1.87. The van der Waals surface area contributed by atoms with E-state index in [0.29, 0.717) is 17.3 Å². The van der Waals surface area contributed by atoms with Crippen LogP contribution in [0.15, 0.2) is 34.9 Å². The van der Waals surface area contributed by atoms with Crippen molar-refractivity contribution in [2.75, 3.05) is 5.73 Å². The molecule has 3 aromatic rings. The van der Waals surface area contributed by atoms with E-state index in [1.165, 1.54) is 0 Å². The van der Waals surface area contributed by atoms with E-state index in [1.807, 2.05) is 18.2 Å². The Bertz CT molecular complexity index is 674. The van der Waals surface area contributed by atoms with E-state index in [1.54, 1.807) is 12.3 Å². The van der Waals surface area contributed by atoms with Crippen LogP contribution in [-0.4, -0.2) is 19.9 Å². The molecule has 0 radical (unpaired) electrons. The van der Waals surface area contributed by atoms with Crippen LogP contribution in [0.4, 0.5) is 5.82 Å². The summed E-state index contributed by atoms with van der Waals surface area (Å²) >= 11 is 3.34. The molecule has 0 saturated heterocycles. The second-order valence-electron chi connectivity index (χ2n) is 3.55.